The second-order valence-electron chi connectivity index (χ2n) is 6.32. The van der Waals surface area contributed by atoms with E-state index in [2.05, 4.69) is 15.0 Å². The van der Waals surface area contributed by atoms with E-state index >= 15 is 0 Å². The third kappa shape index (κ3) is 8.43. The number of rotatable bonds is 7. The molecule has 0 atom stereocenters. The quantitative estimate of drug-likeness (QED) is 0.336. The molecule has 2 rings (SSSR count). The molecule has 0 aliphatic heterocycles. The Morgan fingerprint density at radius 1 is 1.31 bits per heavy atom. The Bertz CT molecular complexity index is 733. The minimum absolute atomic E-state index is 0. The van der Waals surface area contributed by atoms with Crippen molar-refractivity contribution in [1.82, 2.24) is 5.32 Å². The third-order valence-electron chi connectivity index (χ3n) is 3.76. The van der Waals surface area contributed by atoms with Crippen LogP contribution < -0.4 is 15.8 Å². The molecule has 1 aliphatic carbocycles. The standard InChI is InChI=1S/C15H20F3N3O3S.HI/c1-25(22,23)10-14(6-7-14)9-21-13(19)20-8-11-2-4-12(5-3-11)24-15(16,17)18;/h2-5H,6-10H2,1H3,(H3,19,20,21);1H. The number of aliphatic imine (C=N–C) groups is 1. The van der Waals surface area contributed by atoms with E-state index in [1.54, 1.807) is 0 Å². The maximum Gasteiger partial charge on any atom is 0.573 e. The van der Waals surface area contributed by atoms with Crippen molar-refractivity contribution in [3.8, 4) is 5.75 Å². The number of guanidine groups is 1. The summed E-state index contributed by atoms with van der Waals surface area (Å²) in [5.74, 6) is -0.0285. The van der Waals surface area contributed by atoms with Gasteiger partial charge in [0.1, 0.15) is 15.6 Å². The number of sulfone groups is 1. The van der Waals surface area contributed by atoms with Crippen LogP contribution in [-0.2, 0) is 16.4 Å². The number of halogens is 4. The summed E-state index contributed by atoms with van der Waals surface area (Å²) in [6.45, 7) is 0.609. The monoisotopic (exact) mass is 507 g/mol. The molecule has 0 bridgehead atoms. The van der Waals surface area contributed by atoms with E-state index in [1.165, 1.54) is 30.5 Å². The number of nitrogens with one attached hydrogen (secondary N) is 1. The van der Waals surface area contributed by atoms with Gasteiger partial charge in [0.05, 0.1) is 12.3 Å². The van der Waals surface area contributed by atoms with Crippen LogP contribution in [0.3, 0.4) is 0 Å². The van der Waals surface area contributed by atoms with E-state index in [1.807, 2.05) is 0 Å². The first-order valence-electron chi connectivity index (χ1n) is 7.53. The minimum atomic E-state index is -4.72. The van der Waals surface area contributed by atoms with Crippen LogP contribution in [0.4, 0.5) is 13.2 Å². The average Bonchev–Trinajstić information content (AvgIpc) is 3.20. The van der Waals surface area contributed by atoms with Gasteiger partial charge in [0.25, 0.3) is 0 Å². The molecule has 0 spiro atoms. The molecule has 0 heterocycles. The van der Waals surface area contributed by atoms with Crippen molar-refractivity contribution in [2.45, 2.75) is 25.7 Å². The summed E-state index contributed by atoms with van der Waals surface area (Å²) >= 11 is 0. The van der Waals surface area contributed by atoms with Crippen LogP contribution in [0.5, 0.6) is 5.75 Å². The van der Waals surface area contributed by atoms with Crippen molar-refractivity contribution in [1.29, 1.82) is 0 Å². The smallest absolute Gasteiger partial charge is 0.406 e. The molecule has 0 unspecified atom stereocenters. The predicted octanol–water partition coefficient (Wildman–Crippen LogP) is 2.43. The van der Waals surface area contributed by atoms with Crippen LogP contribution in [0.2, 0.25) is 0 Å². The first-order valence-corrected chi connectivity index (χ1v) is 9.59. The van der Waals surface area contributed by atoms with Crippen molar-refractivity contribution in [3.05, 3.63) is 29.8 Å². The van der Waals surface area contributed by atoms with Gasteiger partial charge in [0.2, 0.25) is 0 Å². The lowest BCUT2D eigenvalue weighted by molar-refractivity contribution is -0.274. The highest BCUT2D eigenvalue weighted by Crippen LogP contribution is 2.45. The van der Waals surface area contributed by atoms with E-state index in [-0.39, 0.29) is 53.4 Å². The van der Waals surface area contributed by atoms with E-state index in [0.29, 0.717) is 12.1 Å². The molecule has 1 aliphatic rings. The fraction of sp³-hybridized carbons (Fsp3) is 0.533. The summed E-state index contributed by atoms with van der Waals surface area (Å²) in [5.41, 5.74) is 6.14. The summed E-state index contributed by atoms with van der Waals surface area (Å²) in [4.78, 5) is 4.10. The van der Waals surface area contributed by atoms with Gasteiger partial charge in [-0.25, -0.2) is 13.4 Å². The number of ether oxygens (including phenoxy) is 1. The van der Waals surface area contributed by atoms with Crippen molar-refractivity contribution < 1.29 is 26.3 Å². The molecule has 0 radical (unpaired) electrons. The summed E-state index contributed by atoms with van der Waals surface area (Å²) in [7, 11) is -3.05. The predicted molar refractivity (Wildman–Crippen MR) is 103 cm³/mol. The zero-order chi connectivity index (χ0) is 18.7. The molecule has 0 saturated heterocycles. The molecular formula is C15H21F3IN3O3S. The Kier molecular flexibility index (Phi) is 7.57. The van der Waals surface area contributed by atoms with Gasteiger partial charge in [0.15, 0.2) is 5.96 Å². The van der Waals surface area contributed by atoms with Crippen LogP contribution in [0.25, 0.3) is 0 Å². The Labute approximate surface area is 167 Å². The maximum absolute atomic E-state index is 12.1. The molecule has 0 aromatic heterocycles. The molecule has 11 heteroatoms. The van der Waals surface area contributed by atoms with Gasteiger partial charge in [-0.05, 0) is 30.5 Å². The molecule has 148 valence electrons. The highest BCUT2D eigenvalue weighted by molar-refractivity contribution is 14.0. The van der Waals surface area contributed by atoms with E-state index < -0.39 is 16.2 Å². The van der Waals surface area contributed by atoms with Gasteiger partial charge in [-0.2, -0.15) is 0 Å². The lowest BCUT2D eigenvalue weighted by atomic mass is 10.1. The Morgan fingerprint density at radius 3 is 2.35 bits per heavy atom. The second-order valence-corrected chi connectivity index (χ2v) is 8.46. The lowest BCUT2D eigenvalue weighted by Gasteiger charge is -2.15. The maximum atomic E-state index is 12.1. The first kappa shape index (κ1) is 22.8. The molecule has 3 N–H and O–H groups in total. The SMILES string of the molecule is CS(=O)(=O)CC1(CNC(N)=NCc2ccc(OC(F)(F)F)cc2)CC1.I. The number of hydrogen-bond acceptors (Lipinski definition) is 4. The van der Waals surface area contributed by atoms with Gasteiger partial charge in [0, 0.05) is 18.2 Å². The van der Waals surface area contributed by atoms with E-state index in [0.717, 1.165) is 12.8 Å². The molecule has 0 amide bonds. The van der Waals surface area contributed by atoms with E-state index in [4.69, 9.17) is 5.73 Å². The number of hydrogen-bond donors (Lipinski definition) is 2. The zero-order valence-corrected chi connectivity index (χ0v) is 17.2. The molecular weight excluding hydrogens is 486 g/mol. The third-order valence-corrected chi connectivity index (χ3v) is 4.90. The molecule has 26 heavy (non-hydrogen) atoms. The number of alkyl halides is 3. The number of benzene rings is 1. The minimum Gasteiger partial charge on any atom is -0.406 e. The van der Waals surface area contributed by atoms with Crippen LogP contribution >= 0.6 is 24.0 Å². The summed E-state index contributed by atoms with van der Waals surface area (Å²) in [5, 5.41) is 2.91. The van der Waals surface area contributed by atoms with Crippen LogP contribution in [0.1, 0.15) is 18.4 Å². The fourth-order valence-electron chi connectivity index (χ4n) is 2.41. The van der Waals surface area contributed by atoms with Gasteiger partial charge in [-0.1, -0.05) is 12.1 Å². The summed E-state index contributed by atoms with van der Waals surface area (Å²) < 4.78 is 62.8. The van der Waals surface area contributed by atoms with Crippen molar-refractivity contribution >= 4 is 39.8 Å². The molecule has 1 fully saturated rings. The zero-order valence-electron chi connectivity index (χ0n) is 14.0. The number of nitrogens with two attached hydrogens (primary N) is 1. The van der Waals surface area contributed by atoms with Gasteiger partial charge in [-0.15, -0.1) is 37.1 Å². The largest absolute Gasteiger partial charge is 0.573 e. The topological polar surface area (TPSA) is 93.8 Å². The van der Waals surface area contributed by atoms with E-state index in [9.17, 15) is 21.6 Å². The lowest BCUT2D eigenvalue weighted by Crippen LogP contribution is -2.38. The molecule has 1 aromatic carbocycles. The normalized spacial score (nSPS) is 16.5. The van der Waals surface area contributed by atoms with Crippen LogP contribution in [0.15, 0.2) is 29.3 Å². The van der Waals surface area contributed by atoms with Crippen molar-refractivity contribution in [2.24, 2.45) is 16.1 Å². The molecule has 1 saturated carbocycles. The average molecular weight is 507 g/mol. The molecule has 6 nitrogen and oxygen atoms in total. The van der Waals surface area contributed by atoms with Crippen LogP contribution in [0, 0.1) is 5.41 Å². The van der Waals surface area contributed by atoms with Gasteiger partial charge >= 0.3 is 6.36 Å². The molecule has 1 aromatic rings. The van der Waals surface area contributed by atoms with Crippen LogP contribution in [-0.4, -0.2) is 39.3 Å². The summed E-state index contributed by atoms with van der Waals surface area (Å²) in [6.07, 6.45) is -1.88. The summed E-state index contributed by atoms with van der Waals surface area (Å²) in [6, 6.07) is 5.33. The number of nitrogens with zero attached hydrogens (tertiary/aromatic N) is 1. The Hall–Kier alpha value is -1.24. The highest BCUT2D eigenvalue weighted by Gasteiger charge is 2.45. The Balaban J connectivity index is 0.00000338. The highest BCUT2D eigenvalue weighted by atomic mass is 127. The second kappa shape index (κ2) is 8.63. The van der Waals surface area contributed by atoms with Gasteiger partial charge in [-0.3, -0.25) is 0 Å². The first-order chi connectivity index (χ1) is 11.5. The Morgan fingerprint density at radius 2 is 1.88 bits per heavy atom. The van der Waals surface area contributed by atoms with Crippen molar-refractivity contribution in [3.63, 3.8) is 0 Å². The fourth-order valence-corrected chi connectivity index (χ4v) is 3.92. The van der Waals surface area contributed by atoms with Gasteiger partial charge < -0.3 is 15.8 Å². The van der Waals surface area contributed by atoms with Crippen molar-refractivity contribution in [2.75, 3.05) is 18.6 Å².